The van der Waals surface area contributed by atoms with Gasteiger partial charge >= 0.3 is 6.18 Å². The van der Waals surface area contributed by atoms with Crippen LogP contribution in [0.2, 0.25) is 0 Å². The lowest BCUT2D eigenvalue weighted by Crippen LogP contribution is -2.29. The molecule has 2 rings (SSSR count). The molecule has 0 aliphatic heterocycles. The van der Waals surface area contributed by atoms with Gasteiger partial charge in [0.15, 0.2) is 5.69 Å². The Morgan fingerprint density at radius 1 is 1.21 bits per heavy atom. The molecule has 0 saturated carbocycles. The third kappa shape index (κ3) is 4.96. The van der Waals surface area contributed by atoms with E-state index in [1.54, 1.807) is 0 Å². The zero-order valence-corrected chi connectivity index (χ0v) is 13.8. The highest BCUT2D eigenvalue weighted by molar-refractivity contribution is 6.63. The van der Waals surface area contributed by atoms with Crippen molar-refractivity contribution in [2.75, 3.05) is 6.54 Å². The third-order valence-electron chi connectivity index (χ3n) is 3.94. The SMILES string of the molecule is O=C(Cl)CCCNC(=O)Cn1nc(C(F)(F)F)c2c1CCCCC2. The predicted octanol–water partition coefficient (Wildman–Crippen LogP) is 2.83. The van der Waals surface area contributed by atoms with Gasteiger partial charge in [-0.2, -0.15) is 18.3 Å². The van der Waals surface area contributed by atoms with Gasteiger partial charge in [-0.15, -0.1) is 0 Å². The molecule has 0 aromatic carbocycles. The van der Waals surface area contributed by atoms with Gasteiger partial charge in [0.2, 0.25) is 11.1 Å². The summed E-state index contributed by atoms with van der Waals surface area (Å²) in [5.41, 5.74) is -0.147. The molecule has 24 heavy (non-hydrogen) atoms. The van der Waals surface area contributed by atoms with Crippen LogP contribution in [-0.2, 0) is 35.2 Å². The molecule has 1 N–H and O–H groups in total. The maximum absolute atomic E-state index is 13.2. The number of amides is 1. The van der Waals surface area contributed by atoms with Crippen LogP contribution in [0, 0.1) is 0 Å². The van der Waals surface area contributed by atoms with Crippen LogP contribution in [-0.4, -0.2) is 27.5 Å². The van der Waals surface area contributed by atoms with Crippen LogP contribution >= 0.6 is 11.6 Å². The molecule has 0 radical (unpaired) electrons. The molecule has 0 fully saturated rings. The van der Waals surface area contributed by atoms with E-state index in [2.05, 4.69) is 10.4 Å². The van der Waals surface area contributed by atoms with Gasteiger partial charge in [-0.1, -0.05) is 6.42 Å². The van der Waals surface area contributed by atoms with Crippen molar-refractivity contribution >= 4 is 22.8 Å². The Morgan fingerprint density at radius 2 is 1.92 bits per heavy atom. The molecule has 1 heterocycles. The molecular weight excluding hydrogens is 347 g/mol. The number of nitrogens with one attached hydrogen (secondary N) is 1. The first kappa shape index (κ1) is 18.8. The van der Waals surface area contributed by atoms with Crippen LogP contribution in [0.4, 0.5) is 13.2 Å². The minimum atomic E-state index is -4.52. The standard InChI is InChI=1S/C15H19ClF3N3O2/c16-12(23)7-4-8-20-13(24)9-22-11-6-3-1-2-5-10(11)14(21-22)15(17,18)19/h1-9H2,(H,20,24). The van der Waals surface area contributed by atoms with E-state index in [9.17, 15) is 22.8 Å². The van der Waals surface area contributed by atoms with E-state index in [-0.39, 0.29) is 25.1 Å². The van der Waals surface area contributed by atoms with Crippen molar-refractivity contribution in [2.24, 2.45) is 0 Å². The van der Waals surface area contributed by atoms with Crippen molar-refractivity contribution in [2.45, 2.75) is 57.7 Å². The number of halogens is 4. The number of rotatable bonds is 6. The van der Waals surface area contributed by atoms with Crippen LogP contribution in [0.3, 0.4) is 0 Å². The van der Waals surface area contributed by atoms with Crippen molar-refractivity contribution in [3.05, 3.63) is 17.0 Å². The summed E-state index contributed by atoms with van der Waals surface area (Å²) in [5.74, 6) is -0.430. The minimum absolute atomic E-state index is 0.136. The fraction of sp³-hybridized carbons (Fsp3) is 0.667. The molecule has 1 aromatic heterocycles. The van der Waals surface area contributed by atoms with Gasteiger partial charge in [-0.3, -0.25) is 14.3 Å². The van der Waals surface area contributed by atoms with E-state index in [1.807, 2.05) is 0 Å². The van der Waals surface area contributed by atoms with Crippen LogP contribution in [0.1, 0.15) is 49.1 Å². The normalized spacial score (nSPS) is 14.8. The van der Waals surface area contributed by atoms with E-state index < -0.39 is 23.0 Å². The molecule has 5 nitrogen and oxygen atoms in total. The smallest absolute Gasteiger partial charge is 0.354 e. The number of carbonyl (C=O) groups is 2. The summed E-state index contributed by atoms with van der Waals surface area (Å²) in [7, 11) is 0. The van der Waals surface area contributed by atoms with E-state index in [4.69, 9.17) is 11.6 Å². The van der Waals surface area contributed by atoms with Crippen molar-refractivity contribution in [1.82, 2.24) is 15.1 Å². The van der Waals surface area contributed by atoms with Crippen LogP contribution in [0.15, 0.2) is 0 Å². The van der Waals surface area contributed by atoms with Gasteiger partial charge < -0.3 is 5.32 Å². The number of hydrogen-bond acceptors (Lipinski definition) is 3. The van der Waals surface area contributed by atoms with Crippen LogP contribution < -0.4 is 5.32 Å². The molecule has 1 aliphatic rings. The lowest BCUT2D eigenvalue weighted by Gasteiger charge is -2.08. The molecule has 0 unspecified atom stereocenters. The second-order valence-corrected chi connectivity index (χ2v) is 6.22. The monoisotopic (exact) mass is 365 g/mol. The van der Waals surface area contributed by atoms with Crippen molar-refractivity contribution in [3.8, 4) is 0 Å². The lowest BCUT2D eigenvalue weighted by molar-refractivity contribution is -0.142. The Morgan fingerprint density at radius 3 is 2.58 bits per heavy atom. The highest BCUT2D eigenvalue weighted by Gasteiger charge is 2.39. The zero-order valence-electron chi connectivity index (χ0n) is 13.1. The van der Waals surface area contributed by atoms with Gasteiger partial charge in [-0.05, 0) is 43.7 Å². The van der Waals surface area contributed by atoms with Crippen molar-refractivity contribution in [3.63, 3.8) is 0 Å². The molecule has 0 spiro atoms. The highest BCUT2D eigenvalue weighted by atomic mass is 35.5. The van der Waals surface area contributed by atoms with E-state index in [0.717, 1.165) is 12.8 Å². The Balaban J connectivity index is 2.08. The number of aromatic nitrogens is 2. The zero-order chi connectivity index (χ0) is 17.7. The number of hydrogen-bond donors (Lipinski definition) is 1. The molecule has 0 saturated heterocycles. The molecule has 0 bridgehead atoms. The Bertz CT molecular complexity index is 614. The van der Waals surface area contributed by atoms with Crippen molar-refractivity contribution in [1.29, 1.82) is 0 Å². The number of alkyl halides is 3. The average molecular weight is 366 g/mol. The molecule has 9 heteroatoms. The number of nitrogens with zero attached hydrogens (tertiary/aromatic N) is 2. The second kappa shape index (κ2) is 8.00. The summed E-state index contributed by atoms with van der Waals surface area (Å²) < 4.78 is 40.7. The lowest BCUT2D eigenvalue weighted by atomic mass is 10.1. The molecule has 1 aliphatic carbocycles. The summed E-state index contributed by atoms with van der Waals surface area (Å²) in [6.45, 7) is -0.0138. The third-order valence-corrected chi connectivity index (χ3v) is 4.13. The maximum atomic E-state index is 13.2. The number of carbonyl (C=O) groups excluding carboxylic acids is 2. The first-order valence-corrected chi connectivity index (χ1v) is 8.27. The summed E-state index contributed by atoms with van der Waals surface area (Å²) >= 11 is 5.19. The fourth-order valence-electron chi connectivity index (χ4n) is 2.85. The highest BCUT2D eigenvalue weighted by Crippen LogP contribution is 2.35. The Labute approximate surface area is 142 Å². The first-order valence-electron chi connectivity index (χ1n) is 7.90. The molecule has 0 atom stereocenters. The summed E-state index contributed by atoms with van der Waals surface area (Å²) in [5, 5.41) is 5.73. The molecule has 134 valence electrons. The summed E-state index contributed by atoms with van der Waals surface area (Å²) in [6.07, 6.45) is -0.816. The molecule has 1 aromatic rings. The van der Waals surface area contributed by atoms with E-state index in [1.165, 1.54) is 4.68 Å². The quantitative estimate of drug-likeness (QED) is 0.479. The van der Waals surface area contributed by atoms with E-state index in [0.29, 0.717) is 31.4 Å². The predicted molar refractivity (Wildman–Crippen MR) is 81.6 cm³/mol. The van der Waals surface area contributed by atoms with Gasteiger partial charge in [0.1, 0.15) is 6.54 Å². The van der Waals surface area contributed by atoms with Crippen molar-refractivity contribution < 1.29 is 22.8 Å². The van der Waals surface area contributed by atoms with Gasteiger partial charge in [0.05, 0.1) is 0 Å². The van der Waals surface area contributed by atoms with Gasteiger partial charge in [0.25, 0.3) is 0 Å². The van der Waals surface area contributed by atoms with Gasteiger partial charge in [0, 0.05) is 24.2 Å². The second-order valence-electron chi connectivity index (χ2n) is 5.80. The van der Waals surface area contributed by atoms with Crippen LogP contribution in [0.5, 0.6) is 0 Å². The molecular formula is C15H19ClF3N3O2. The average Bonchev–Trinajstić information content (AvgIpc) is 2.67. The van der Waals surface area contributed by atoms with Crippen LogP contribution in [0.25, 0.3) is 0 Å². The minimum Gasteiger partial charge on any atom is -0.354 e. The summed E-state index contributed by atoms with van der Waals surface area (Å²) in [4.78, 5) is 22.5. The Hall–Kier alpha value is -1.57. The van der Waals surface area contributed by atoms with E-state index >= 15 is 0 Å². The summed E-state index contributed by atoms with van der Waals surface area (Å²) in [6, 6.07) is 0. The topological polar surface area (TPSA) is 64.0 Å². The maximum Gasteiger partial charge on any atom is 0.435 e. The first-order chi connectivity index (χ1) is 11.3. The Kier molecular flexibility index (Phi) is 6.26. The number of fused-ring (bicyclic) bond motifs is 1. The fourth-order valence-corrected chi connectivity index (χ4v) is 2.99. The largest absolute Gasteiger partial charge is 0.435 e. The van der Waals surface area contributed by atoms with Gasteiger partial charge in [-0.25, -0.2) is 0 Å². The molecule has 1 amide bonds.